The molecule has 0 atom stereocenters. The maximum atomic E-state index is 10.9. The lowest BCUT2D eigenvalue weighted by molar-refractivity contribution is 0.0697. The van der Waals surface area contributed by atoms with E-state index >= 15 is 0 Å². The molecule has 0 aliphatic heterocycles. The Morgan fingerprint density at radius 2 is 2.00 bits per heavy atom. The van der Waals surface area contributed by atoms with Crippen LogP contribution in [0.25, 0.3) is 0 Å². The zero-order chi connectivity index (χ0) is 14.0. The number of halogens is 2. The number of rotatable bonds is 3. The van der Waals surface area contributed by atoms with Gasteiger partial charge in [-0.05, 0) is 36.8 Å². The summed E-state index contributed by atoms with van der Waals surface area (Å²) in [5, 5.41) is 12.5. The molecule has 19 heavy (non-hydrogen) atoms. The van der Waals surface area contributed by atoms with Crippen molar-refractivity contribution in [2.75, 3.05) is 5.32 Å². The van der Waals surface area contributed by atoms with E-state index in [1.807, 2.05) is 13.0 Å². The highest BCUT2D eigenvalue weighted by Gasteiger charge is 2.09. The Morgan fingerprint density at radius 3 is 2.63 bits per heavy atom. The van der Waals surface area contributed by atoms with E-state index in [9.17, 15) is 4.79 Å². The molecule has 0 saturated heterocycles. The van der Waals surface area contributed by atoms with Gasteiger partial charge in [-0.1, -0.05) is 29.3 Å². The predicted molar refractivity (Wildman–Crippen MR) is 75.7 cm³/mol. The molecule has 4 nitrogen and oxygen atoms in total. The zero-order valence-electron chi connectivity index (χ0n) is 9.95. The average molecular weight is 297 g/mol. The topological polar surface area (TPSA) is 62.2 Å². The van der Waals surface area contributed by atoms with Gasteiger partial charge in [0.25, 0.3) is 0 Å². The fraction of sp³-hybridized carbons (Fsp3) is 0.0769. The van der Waals surface area contributed by atoms with Crippen molar-refractivity contribution in [2.24, 2.45) is 0 Å². The number of carbonyl (C=O) groups is 1. The van der Waals surface area contributed by atoms with Gasteiger partial charge in [0.2, 0.25) is 0 Å². The van der Waals surface area contributed by atoms with Gasteiger partial charge in [0.15, 0.2) is 0 Å². The summed E-state index contributed by atoms with van der Waals surface area (Å²) in [7, 11) is 0. The van der Waals surface area contributed by atoms with E-state index in [2.05, 4.69) is 10.3 Å². The molecular formula is C13H10Cl2N2O2. The molecule has 0 amide bonds. The van der Waals surface area contributed by atoms with Crippen molar-refractivity contribution in [1.82, 2.24) is 4.98 Å². The second-order valence-electron chi connectivity index (χ2n) is 3.98. The molecule has 2 N–H and O–H groups in total. The summed E-state index contributed by atoms with van der Waals surface area (Å²) in [6, 6.07) is 8.15. The van der Waals surface area contributed by atoms with Crippen molar-refractivity contribution < 1.29 is 9.90 Å². The summed E-state index contributed by atoms with van der Waals surface area (Å²) in [4.78, 5) is 14.9. The number of nitrogens with zero attached hydrogens (tertiary/aromatic N) is 1. The van der Waals surface area contributed by atoms with E-state index < -0.39 is 5.97 Å². The lowest BCUT2D eigenvalue weighted by Crippen LogP contribution is -2.01. The molecule has 0 unspecified atom stereocenters. The van der Waals surface area contributed by atoms with Gasteiger partial charge < -0.3 is 10.4 Å². The first-order valence-electron chi connectivity index (χ1n) is 5.40. The van der Waals surface area contributed by atoms with Gasteiger partial charge in [-0.2, -0.15) is 0 Å². The van der Waals surface area contributed by atoms with Crippen molar-refractivity contribution in [3.63, 3.8) is 0 Å². The van der Waals surface area contributed by atoms with E-state index in [4.69, 9.17) is 28.3 Å². The number of aromatic carboxylic acids is 1. The standard InChI is InChI=1S/C13H10Cl2N2O2/c1-7-2-3-10(9(14)4-7)16-12-6-8(13(18)19)5-11(15)17-12/h2-6H,1H3,(H,16,17)(H,18,19). The zero-order valence-corrected chi connectivity index (χ0v) is 11.5. The minimum Gasteiger partial charge on any atom is -0.478 e. The van der Waals surface area contributed by atoms with Crippen LogP contribution in [0.3, 0.4) is 0 Å². The number of anilines is 2. The lowest BCUT2D eigenvalue weighted by Gasteiger charge is -2.09. The summed E-state index contributed by atoms with van der Waals surface area (Å²) in [6.45, 7) is 1.93. The smallest absolute Gasteiger partial charge is 0.335 e. The summed E-state index contributed by atoms with van der Waals surface area (Å²) in [5.74, 6) is -0.738. The van der Waals surface area contributed by atoms with Crippen LogP contribution in [0.5, 0.6) is 0 Å². The number of hydrogen-bond acceptors (Lipinski definition) is 3. The molecule has 0 spiro atoms. The van der Waals surface area contributed by atoms with Crippen LogP contribution < -0.4 is 5.32 Å². The molecule has 0 bridgehead atoms. The Kier molecular flexibility index (Phi) is 3.93. The number of aromatic nitrogens is 1. The van der Waals surface area contributed by atoms with Crippen LogP contribution in [0, 0.1) is 6.92 Å². The second kappa shape index (κ2) is 5.47. The van der Waals surface area contributed by atoms with Gasteiger partial charge in [0.1, 0.15) is 11.0 Å². The molecule has 0 saturated carbocycles. The first kappa shape index (κ1) is 13.6. The van der Waals surface area contributed by atoms with Crippen molar-refractivity contribution in [2.45, 2.75) is 6.92 Å². The highest BCUT2D eigenvalue weighted by Crippen LogP contribution is 2.26. The Balaban J connectivity index is 2.35. The Morgan fingerprint density at radius 1 is 1.26 bits per heavy atom. The molecule has 1 aromatic heterocycles. The second-order valence-corrected chi connectivity index (χ2v) is 4.77. The van der Waals surface area contributed by atoms with Crippen molar-refractivity contribution in [3.8, 4) is 0 Å². The monoisotopic (exact) mass is 296 g/mol. The summed E-state index contributed by atoms with van der Waals surface area (Å²) in [5.41, 5.74) is 1.73. The quantitative estimate of drug-likeness (QED) is 0.836. The van der Waals surface area contributed by atoms with E-state index in [1.165, 1.54) is 12.1 Å². The molecule has 1 aromatic carbocycles. The van der Waals surface area contributed by atoms with Crippen LogP contribution in [0.4, 0.5) is 11.5 Å². The highest BCUT2D eigenvalue weighted by molar-refractivity contribution is 6.33. The summed E-state index contributed by atoms with van der Waals surface area (Å²) in [6.07, 6.45) is 0. The number of carboxylic acids is 1. The highest BCUT2D eigenvalue weighted by atomic mass is 35.5. The predicted octanol–water partition coefficient (Wildman–Crippen LogP) is 4.14. The minimum absolute atomic E-state index is 0.0609. The van der Waals surface area contributed by atoms with Crippen LogP contribution >= 0.6 is 23.2 Å². The van der Waals surface area contributed by atoms with Crippen molar-refractivity contribution in [3.05, 3.63) is 51.6 Å². The van der Waals surface area contributed by atoms with Gasteiger partial charge in [-0.25, -0.2) is 9.78 Å². The number of aryl methyl sites for hydroxylation is 1. The molecule has 1 heterocycles. The Labute approximate surface area is 120 Å². The number of benzene rings is 1. The number of hydrogen-bond donors (Lipinski definition) is 2. The van der Waals surface area contributed by atoms with Gasteiger partial charge in [-0.3, -0.25) is 0 Å². The van der Waals surface area contributed by atoms with E-state index in [0.29, 0.717) is 16.5 Å². The van der Waals surface area contributed by atoms with Gasteiger partial charge >= 0.3 is 5.97 Å². The van der Waals surface area contributed by atoms with Crippen LogP contribution in [0.1, 0.15) is 15.9 Å². The van der Waals surface area contributed by atoms with Crippen LogP contribution in [-0.4, -0.2) is 16.1 Å². The SMILES string of the molecule is Cc1ccc(Nc2cc(C(=O)O)cc(Cl)n2)c(Cl)c1. The minimum atomic E-state index is -1.07. The average Bonchev–Trinajstić information content (AvgIpc) is 2.32. The molecule has 98 valence electrons. The molecular weight excluding hydrogens is 287 g/mol. The summed E-state index contributed by atoms with van der Waals surface area (Å²) >= 11 is 11.9. The van der Waals surface area contributed by atoms with Gasteiger partial charge in [0.05, 0.1) is 16.3 Å². The lowest BCUT2D eigenvalue weighted by atomic mass is 10.2. The maximum absolute atomic E-state index is 10.9. The molecule has 0 aliphatic carbocycles. The molecule has 2 rings (SSSR count). The third-order valence-electron chi connectivity index (χ3n) is 2.43. The van der Waals surface area contributed by atoms with Crippen molar-refractivity contribution in [1.29, 1.82) is 0 Å². The molecule has 0 fully saturated rings. The number of pyridine rings is 1. The molecule has 2 aromatic rings. The van der Waals surface area contributed by atoms with E-state index in [1.54, 1.807) is 12.1 Å². The first-order chi connectivity index (χ1) is 8.95. The van der Waals surface area contributed by atoms with Crippen LogP contribution in [0.15, 0.2) is 30.3 Å². The van der Waals surface area contributed by atoms with Gasteiger partial charge in [0, 0.05) is 0 Å². The summed E-state index contributed by atoms with van der Waals surface area (Å²) < 4.78 is 0. The van der Waals surface area contributed by atoms with Crippen molar-refractivity contribution >= 4 is 40.7 Å². The fourth-order valence-corrected chi connectivity index (χ4v) is 2.03. The fourth-order valence-electron chi connectivity index (χ4n) is 1.54. The number of carboxylic acid groups (broad SMARTS) is 1. The Bertz CT molecular complexity index is 645. The molecule has 0 aliphatic rings. The Hall–Kier alpha value is -1.78. The van der Waals surface area contributed by atoms with E-state index in [0.717, 1.165) is 5.56 Å². The van der Waals surface area contributed by atoms with Crippen LogP contribution in [0.2, 0.25) is 10.2 Å². The largest absolute Gasteiger partial charge is 0.478 e. The molecule has 6 heteroatoms. The normalized spacial score (nSPS) is 10.3. The third-order valence-corrected chi connectivity index (χ3v) is 2.93. The molecule has 0 radical (unpaired) electrons. The third kappa shape index (κ3) is 3.36. The van der Waals surface area contributed by atoms with E-state index in [-0.39, 0.29) is 10.7 Å². The number of nitrogens with one attached hydrogen (secondary N) is 1. The van der Waals surface area contributed by atoms with Crippen LogP contribution in [-0.2, 0) is 0 Å². The van der Waals surface area contributed by atoms with Gasteiger partial charge in [-0.15, -0.1) is 0 Å². The first-order valence-corrected chi connectivity index (χ1v) is 6.15. The maximum Gasteiger partial charge on any atom is 0.335 e.